The summed E-state index contributed by atoms with van der Waals surface area (Å²) < 4.78 is 5.41. The number of aromatic nitrogens is 1. The van der Waals surface area contributed by atoms with Crippen molar-refractivity contribution in [1.29, 1.82) is 0 Å². The maximum Gasteiger partial charge on any atom is 0.410 e. The molecule has 1 aromatic heterocycles. The van der Waals surface area contributed by atoms with E-state index in [0.717, 1.165) is 5.56 Å². The Labute approximate surface area is 120 Å². The minimum Gasteiger partial charge on any atom is -0.444 e. The Morgan fingerprint density at radius 3 is 2.75 bits per heavy atom. The molecule has 0 N–H and O–H groups in total. The zero-order valence-electron chi connectivity index (χ0n) is 12.6. The highest BCUT2D eigenvalue weighted by atomic mass is 16.6. The number of ether oxygens (including phenoxy) is 1. The third-order valence-electron chi connectivity index (χ3n) is 3.20. The summed E-state index contributed by atoms with van der Waals surface area (Å²) in [5.41, 5.74) is 1.93. The Kier molecular flexibility index (Phi) is 4.12. The lowest BCUT2D eigenvalue weighted by Crippen LogP contribution is -2.41. The normalized spacial score (nSPS) is 19.5. The number of carbonyl (C=O) groups is 1. The molecule has 1 amide bonds. The lowest BCUT2D eigenvalue weighted by Gasteiger charge is -2.32. The van der Waals surface area contributed by atoms with Crippen LogP contribution >= 0.6 is 0 Å². The Hall–Kier alpha value is -1.84. The molecule has 1 aliphatic rings. The largest absolute Gasteiger partial charge is 0.444 e. The quantitative estimate of drug-likeness (QED) is 0.788. The summed E-state index contributed by atoms with van der Waals surface area (Å²) >= 11 is 0. The van der Waals surface area contributed by atoms with Crippen molar-refractivity contribution in [3.63, 3.8) is 0 Å². The van der Waals surface area contributed by atoms with Crippen molar-refractivity contribution >= 4 is 11.7 Å². The van der Waals surface area contributed by atoms with Crippen LogP contribution in [-0.2, 0) is 4.74 Å². The van der Waals surface area contributed by atoms with Crippen LogP contribution in [-0.4, -0.2) is 34.7 Å². The molecule has 4 nitrogen and oxygen atoms in total. The summed E-state index contributed by atoms with van der Waals surface area (Å²) in [6, 6.07) is 3.99. The van der Waals surface area contributed by atoms with Crippen LogP contribution in [0.25, 0.3) is 5.57 Å². The number of amides is 1. The fraction of sp³-hybridized carbons (Fsp3) is 0.500. The molecule has 0 bridgehead atoms. The molecule has 1 aliphatic heterocycles. The van der Waals surface area contributed by atoms with Gasteiger partial charge in [0, 0.05) is 25.5 Å². The van der Waals surface area contributed by atoms with Gasteiger partial charge in [0.2, 0.25) is 0 Å². The molecule has 108 valence electrons. The van der Waals surface area contributed by atoms with E-state index in [9.17, 15) is 4.79 Å². The van der Waals surface area contributed by atoms with Crippen LogP contribution < -0.4 is 0 Å². The van der Waals surface area contributed by atoms with E-state index in [0.29, 0.717) is 13.1 Å². The molecule has 4 heteroatoms. The van der Waals surface area contributed by atoms with Gasteiger partial charge in [0.15, 0.2) is 0 Å². The van der Waals surface area contributed by atoms with Crippen molar-refractivity contribution in [1.82, 2.24) is 9.88 Å². The minimum atomic E-state index is -0.451. The smallest absolute Gasteiger partial charge is 0.410 e. The van der Waals surface area contributed by atoms with Crippen LogP contribution in [0.1, 0.15) is 33.3 Å². The molecule has 1 atom stereocenters. The zero-order valence-corrected chi connectivity index (χ0v) is 12.6. The number of nitrogens with zero attached hydrogens (tertiary/aromatic N) is 2. The van der Waals surface area contributed by atoms with Crippen molar-refractivity contribution in [2.45, 2.75) is 33.3 Å². The van der Waals surface area contributed by atoms with Crippen LogP contribution in [0.2, 0.25) is 0 Å². The molecule has 0 radical (unpaired) electrons. The predicted molar refractivity (Wildman–Crippen MR) is 79.2 cm³/mol. The monoisotopic (exact) mass is 274 g/mol. The maximum atomic E-state index is 12.1. The second-order valence-electron chi connectivity index (χ2n) is 6.19. The lowest BCUT2D eigenvalue weighted by molar-refractivity contribution is 0.0252. The SMILES string of the molecule is CC1CN(C(=O)OC(C)(C)C)CC=C1c1cccnc1. The molecular weight excluding hydrogens is 252 g/mol. The van der Waals surface area contributed by atoms with Gasteiger partial charge >= 0.3 is 6.09 Å². The van der Waals surface area contributed by atoms with Crippen LogP contribution in [0, 0.1) is 5.92 Å². The first-order valence-electron chi connectivity index (χ1n) is 6.95. The Bertz CT molecular complexity index is 503. The topological polar surface area (TPSA) is 42.4 Å². The van der Waals surface area contributed by atoms with E-state index in [2.05, 4.69) is 24.1 Å². The number of hydrogen-bond acceptors (Lipinski definition) is 3. The van der Waals surface area contributed by atoms with Crippen LogP contribution in [0.3, 0.4) is 0 Å². The van der Waals surface area contributed by atoms with Crippen molar-refractivity contribution < 1.29 is 9.53 Å². The van der Waals surface area contributed by atoms with Gasteiger partial charge in [-0.3, -0.25) is 4.98 Å². The fourth-order valence-electron chi connectivity index (χ4n) is 2.32. The van der Waals surface area contributed by atoms with E-state index < -0.39 is 5.60 Å². The van der Waals surface area contributed by atoms with Crippen LogP contribution in [0.15, 0.2) is 30.6 Å². The average molecular weight is 274 g/mol. The number of pyridine rings is 1. The molecule has 0 saturated heterocycles. The summed E-state index contributed by atoms with van der Waals surface area (Å²) in [7, 11) is 0. The van der Waals surface area contributed by atoms with E-state index in [4.69, 9.17) is 4.74 Å². The zero-order chi connectivity index (χ0) is 14.8. The van der Waals surface area contributed by atoms with Crippen molar-refractivity contribution in [2.75, 3.05) is 13.1 Å². The number of hydrogen-bond donors (Lipinski definition) is 0. The highest BCUT2D eigenvalue weighted by molar-refractivity contribution is 5.73. The van der Waals surface area contributed by atoms with E-state index in [-0.39, 0.29) is 12.0 Å². The second-order valence-corrected chi connectivity index (χ2v) is 6.19. The van der Waals surface area contributed by atoms with E-state index in [1.807, 2.05) is 33.0 Å². The molecule has 2 heterocycles. The highest BCUT2D eigenvalue weighted by Gasteiger charge is 2.27. The van der Waals surface area contributed by atoms with Gasteiger partial charge in [0.05, 0.1) is 0 Å². The van der Waals surface area contributed by atoms with Crippen molar-refractivity contribution in [3.8, 4) is 0 Å². The van der Waals surface area contributed by atoms with Gasteiger partial charge in [-0.1, -0.05) is 19.1 Å². The van der Waals surface area contributed by atoms with Crippen molar-refractivity contribution in [2.24, 2.45) is 5.92 Å². The molecule has 0 fully saturated rings. The van der Waals surface area contributed by atoms with Gasteiger partial charge < -0.3 is 9.64 Å². The van der Waals surface area contributed by atoms with Gasteiger partial charge in [0.25, 0.3) is 0 Å². The van der Waals surface area contributed by atoms with Gasteiger partial charge in [0.1, 0.15) is 5.60 Å². The number of rotatable bonds is 1. The van der Waals surface area contributed by atoms with Crippen molar-refractivity contribution in [3.05, 3.63) is 36.2 Å². The van der Waals surface area contributed by atoms with Gasteiger partial charge in [-0.25, -0.2) is 4.79 Å². The Balaban J connectivity index is 2.08. The molecule has 0 aromatic carbocycles. The van der Waals surface area contributed by atoms with Gasteiger partial charge in [-0.05, 0) is 43.9 Å². The maximum absolute atomic E-state index is 12.1. The molecule has 0 saturated carbocycles. The van der Waals surface area contributed by atoms with E-state index in [1.54, 1.807) is 11.1 Å². The van der Waals surface area contributed by atoms with E-state index >= 15 is 0 Å². The molecule has 1 unspecified atom stereocenters. The molecule has 1 aromatic rings. The molecule has 0 aliphatic carbocycles. The number of carbonyl (C=O) groups excluding carboxylic acids is 1. The first-order chi connectivity index (χ1) is 9.37. The highest BCUT2D eigenvalue weighted by Crippen LogP contribution is 2.27. The molecule has 2 rings (SSSR count). The molecular formula is C16H22N2O2. The first-order valence-corrected chi connectivity index (χ1v) is 6.95. The minimum absolute atomic E-state index is 0.245. The summed E-state index contributed by atoms with van der Waals surface area (Å²) in [6.45, 7) is 9.04. The summed E-state index contributed by atoms with van der Waals surface area (Å²) in [5, 5.41) is 0. The summed E-state index contributed by atoms with van der Waals surface area (Å²) in [5.74, 6) is 0.278. The van der Waals surface area contributed by atoms with Gasteiger partial charge in [-0.2, -0.15) is 0 Å². The van der Waals surface area contributed by atoms with Crippen LogP contribution in [0.5, 0.6) is 0 Å². The average Bonchev–Trinajstić information content (AvgIpc) is 2.37. The standard InChI is InChI=1S/C16H22N2O2/c1-12-11-18(15(19)20-16(2,3)4)9-7-14(12)13-6-5-8-17-10-13/h5-8,10,12H,9,11H2,1-4H3. The van der Waals surface area contributed by atoms with E-state index in [1.165, 1.54) is 5.57 Å². The van der Waals surface area contributed by atoms with Crippen LogP contribution in [0.4, 0.5) is 4.79 Å². The third-order valence-corrected chi connectivity index (χ3v) is 3.20. The Morgan fingerprint density at radius 1 is 1.45 bits per heavy atom. The Morgan fingerprint density at radius 2 is 2.20 bits per heavy atom. The lowest BCUT2D eigenvalue weighted by atomic mass is 9.91. The first kappa shape index (κ1) is 14.6. The van der Waals surface area contributed by atoms with Gasteiger partial charge in [-0.15, -0.1) is 0 Å². The summed E-state index contributed by atoms with van der Waals surface area (Å²) in [4.78, 5) is 18.0. The predicted octanol–water partition coefficient (Wildman–Crippen LogP) is 3.35. The fourth-order valence-corrected chi connectivity index (χ4v) is 2.32. The molecule has 0 spiro atoms. The summed E-state index contributed by atoms with van der Waals surface area (Å²) in [6.07, 6.45) is 5.48. The third kappa shape index (κ3) is 3.59. The second kappa shape index (κ2) is 5.65. The molecule has 20 heavy (non-hydrogen) atoms.